The van der Waals surface area contributed by atoms with Gasteiger partial charge in [0.25, 0.3) is 0 Å². The van der Waals surface area contributed by atoms with Gasteiger partial charge in [-0.05, 0) is 12.1 Å². The third-order valence-corrected chi connectivity index (χ3v) is 3.07. The molecule has 0 radical (unpaired) electrons. The molecule has 0 bridgehead atoms. The van der Waals surface area contributed by atoms with Crippen molar-refractivity contribution in [1.29, 1.82) is 0 Å². The van der Waals surface area contributed by atoms with Gasteiger partial charge in [0, 0.05) is 17.9 Å². The molecule has 0 atom stereocenters. The maximum atomic E-state index is 12.9. The molecule has 2 aromatic rings. The molecule has 0 aliphatic heterocycles. The lowest BCUT2D eigenvalue weighted by atomic mass is 10.2. The van der Waals surface area contributed by atoms with Gasteiger partial charge in [-0.15, -0.1) is 21.8 Å². The molecule has 5 heteroatoms. The van der Waals surface area contributed by atoms with Crippen LogP contribution in [0.2, 0.25) is 0 Å². The molecule has 0 aliphatic carbocycles. The molecule has 0 amide bonds. The Labute approximate surface area is 95.7 Å². The van der Waals surface area contributed by atoms with Gasteiger partial charge in [-0.25, -0.2) is 4.39 Å². The van der Waals surface area contributed by atoms with Crippen molar-refractivity contribution >= 4 is 22.9 Å². The molecule has 1 heterocycles. The molecule has 15 heavy (non-hydrogen) atoms. The van der Waals surface area contributed by atoms with Gasteiger partial charge in [0.15, 0.2) is 0 Å². The van der Waals surface area contributed by atoms with Crippen molar-refractivity contribution in [3.8, 4) is 10.6 Å². The van der Waals surface area contributed by atoms with E-state index in [4.69, 9.17) is 11.6 Å². The Bertz CT molecular complexity index is 458. The summed E-state index contributed by atoms with van der Waals surface area (Å²) in [5.74, 6) is 0.263. The van der Waals surface area contributed by atoms with Gasteiger partial charge in [-0.2, -0.15) is 0 Å². The number of benzene rings is 1. The van der Waals surface area contributed by atoms with Crippen LogP contribution in [0.5, 0.6) is 0 Å². The maximum absolute atomic E-state index is 12.9. The molecule has 0 spiro atoms. The van der Waals surface area contributed by atoms with Crippen LogP contribution < -0.4 is 0 Å². The fourth-order valence-corrected chi connectivity index (χ4v) is 2.30. The number of aromatic nitrogens is 2. The topological polar surface area (TPSA) is 25.8 Å². The molecule has 0 aliphatic rings. The largest absolute Gasteiger partial charge is 0.207 e. The number of aryl methyl sites for hydroxylation is 1. The summed E-state index contributed by atoms with van der Waals surface area (Å²) in [6.45, 7) is 0. The highest BCUT2D eigenvalue weighted by Gasteiger charge is 2.06. The first-order valence-corrected chi connectivity index (χ1v) is 5.79. The molecule has 0 saturated carbocycles. The van der Waals surface area contributed by atoms with Crippen LogP contribution in [0.15, 0.2) is 24.3 Å². The summed E-state index contributed by atoms with van der Waals surface area (Å²) < 4.78 is 12.9. The van der Waals surface area contributed by atoms with E-state index in [-0.39, 0.29) is 5.82 Å². The molecule has 1 aromatic carbocycles. The van der Waals surface area contributed by atoms with Crippen LogP contribution in [0, 0.1) is 5.82 Å². The highest BCUT2D eigenvalue weighted by Crippen LogP contribution is 2.24. The molecular formula is C10H8ClFN2S. The Kier molecular flexibility index (Phi) is 3.28. The minimum Gasteiger partial charge on any atom is -0.207 e. The molecule has 0 saturated heterocycles. The summed E-state index contributed by atoms with van der Waals surface area (Å²) in [5.41, 5.74) is 0.758. The fourth-order valence-electron chi connectivity index (χ4n) is 1.17. The predicted molar refractivity (Wildman–Crippen MR) is 59.7 cm³/mol. The third-order valence-electron chi connectivity index (χ3n) is 1.85. The smallest absolute Gasteiger partial charge is 0.147 e. The van der Waals surface area contributed by atoms with Gasteiger partial charge in [-0.1, -0.05) is 23.5 Å². The summed E-state index contributed by atoms with van der Waals surface area (Å²) in [6.07, 6.45) is 0.703. The highest BCUT2D eigenvalue weighted by atomic mass is 35.5. The standard InChI is InChI=1S/C10H8ClFN2S/c11-5-4-9-13-14-10(15-9)7-2-1-3-8(12)6-7/h1-3,6H,4-5H2. The zero-order valence-corrected chi connectivity index (χ0v) is 9.35. The number of hydrogen-bond donors (Lipinski definition) is 0. The lowest BCUT2D eigenvalue weighted by Gasteiger charge is -1.93. The second kappa shape index (κ2) is 4.68. The van der Waals surface area contributed by atoms with Crippen molar-refractivity contribution in [3.63, 3.8) is 0 Å². The van der Waals surface area contributed by atoms with E-state index in [9.17, 15) is 4.39 Å². The van der Waals surface area contributed by atoms with Gasteiger partial charge >= 0.3 is 0 Å². The Morgan fingerprint density at radius 3 is 2.93 bits per heavy atom. The predicted octanol–water partition coefficient (Wildman–Crippen LogP) is 3.13. The molecule has 0 fully saturated rings. The number of rotatable bonds is 3. The monoisotopic (exact) mass is 242 g/mol. The van der Waals surface area contributed by atoms with Crippen molar-refractivity contribution in [2.75, 3.05) is 5.88 Å². The quantitative estimate of drug-likeness (QED) is 0.773. The number of hydrogen-bond acceptors (Lipinski definition) is 3. The van der Waals surface area contributed by atoms with Crippen molar-refractivity contribution in [2.24, 2.45) is 0 Å². The first-order chi connectivity index (χ1) is 7.29. The zero-order chi connectivity index (χ0) is 10.7. The van der Waals surface area contributed by atoms with Crippen molar-refractivity contribution < 1.29 is 4.39 Å². The Hall–Kier alpha value is -1.000. The van der Waals surface area contributed by atoms with E-state index in [0.717, 1.165) is 15.6 Å². The van der Waals surface area contributed by atoms with Crippen molar-refractivity contribution in [3.05, 3.63) is 35.1 Å². The second-order valence-corrected chi connectivity index (χ2v) is 4.39. The average molecular weight is 243 g/mol. The first kappa shape index (κ1) is 10.5. The van der Waals surface area contributed by atoms with Crippen molar-refractivity contribution in [2.45, 2.75) is 6.42 Å². The lowest BCUT2D eigenvalue weighted by molar-refractivity contribution is 0.628. The van der Waals surface area contributed by atoms with Gasteiger partial charge in [0.2, 0.25) is 0 Å². The molecule has 0 unspecified atom stereocenters. The van der Waals surface area contributed by atoms with E-state index >= 15 is 0 Å². The van der Waals surface area contributed by atoms with Gasteiger partial charge in [-0.3, -0.25) is 0 Å². The number of alkyl halides is 1. The van der Waals surface area contributed by atoms with E-state index < -0.39 is 0 Å². The third kappa shape index (κ3) is 2.52. The summed E-state index contributed by atoms with van der Waals surface area (Å²) in [7, 11) is 0. The van der Waals surface area contributed by atoms with Crippen LogP contribution in [0.1, 0.15) is 5.01 Å². The maximum Gasteiger partial charge on any atom is 0.147 e. The second-order valence-electron chi connectivity index (χ2n) is 2.95. The minimum atomic E-state index is -0.262. The van der Waals surface area contributed by atoms with E-state index in [1.807, 2.05) is 6.07 Å². The van der Waals surface area contributed by atoms with Crippen LogP contribution in [0.3, 0.4) is 0 Å². The molecular weight excluding hydrogens is 235 g/mol. The van der Waals surface area contributed by atoms with Gasteiger partial charge in [0.05, 0.1) is 0 Å². The van der Waals surface area contributed by atoms with Gasteiger partial charge < -0.3 is 0 Å². The van der Waals surface area contributed by atoms with Crippen LogP contribution in [-0.4, -0.2) is 16.1 Å². The SMILES string of the molecule is Fc1cccc(-c2nnc(CCCl)s2)c1. The summed E-state index contributed by atoms with van der Waals surface area (Å²) in [4.78, 5) is 0. The Morgan fingerprint density at radius 2 is 2.20 bits per heavy atom. The molecule has 0 N–H and O–H groups in total. The zero-order valence-electron chi connectivity index (χ0n) is 7.78. The average Bonchev–Trinajstić information content (AvgIpc) is 2.67. The van der Waals surface area contributed by atoms with E-state index in [2.05, 4.69) is 10.2 Å². The van der Waals surface area contributed by atoms with Crippen LogP contribution >= 0.6 is 22.9 Å². The summed E-state index contributed by atoms with van der Waals surface area (Å²) >= 11 is 7.04. The Balaban J connectivity index is 2.29. The van der Waals surface area contributed by atoms with Crippen LogP contribution in [-0.2, 0) is 6.42 Å². The lowest BCUT2D eigenvalue weighted by Crippen LogP contribution is -1.83. The molecule has 2 nitrogen and oxygen atoms in total. The van der Waals surface area contributed by atoms with E-state index in [1.165, 1.54) is 23.5 Å². The minimum absolute atomic E-state index is 0.262. The number of nitrogens with zero attached hydrogens (tertiary/aromatic N) is 2. The highest BCUT2D eigenvalue weighted by molar-refractivity contribution is 7.14. The number of halogens is 2. The summed E-state index contributed by atoms with van der Waals surface area (Å²) in [6, 6.07) is 6.33. The van der Waals surface area contributed by atoms with Crippen LogP contribution in [0.4, 0.5) is 4.39 Å². The fraction of sp³-hybridized carbons (Fsp3) is 0.200. The molecule has 1 aromatic heterocycles. The van der Waals surface area contributed by atoms with E-state index in [1.54, 1.807) is 6.07 Å². The Morgan fingerprint density at radius 1 is 1.33 bits per heavy atom. The first-order valence-electron chi connectivity index (χ1n) is 4.44. The van der Waals surface area contributed by atoms with Crippen molar-refractivity contribution in [1.82, 2.24) is 10.2 Å². The van der Waals surface area contributed by atoms with E-state index in [0.29, 0.717) is 12.3 Å². The summed E-state index contributed by atoms with van der Waals surface area (Å²) in [5, 5.41) is 9.57. The molecule has 78 valence electrons. The normalized spacial score (nSPS) is 10.5. The van der Waals surface area contributed by atoms with Crippen LogP contribution in [0.25, 0.3) is 10.6 Å². The molecule has 2 rings (SSSR count). The van der Waals surface area contributed by atoms with Gasteiger partial charge in [0.1, 0.15) is 15.8 Å².